The fourth-order valence-corrected chi connectivity index (χ4v) is 1.69. The van der Waals surface area contributed by atoms with Gasteiger partial charge in [0.2, 0.25) is 0 Å². The normalized spacial score (nSPS) is 10.2. The predicted octanol–water partition coefficient (Wildman–Crippen LogP) is 2.62. The number of carboxylic acids is 1. The number of para-hydroxylation sites is 1. The number of hydrogen-bond acceptors (Lipinski definition) is 3. The molecular formula is C14H9F2NO4. The number of aromatic hydroxyl groups is 1. The van der Waals surface area contributed by atoms with Gasteiger partial charge >= 0.3 is 5.97 Å². The van der Waals surface area contributed by atoms with Gasteiger partial charge in [0, 0.05) is 0 Å². The number of hydrogen-bond donors (Lipinski definition) is 3. The van der Waals surface area contributed by atoms with Crippen LogP contribution in [0.25, 0.3) is 0 Å². The lowest BCUT2D eigenvalue weighted by Crippen LogP contribution is -2.15. The Bertz CT molecular complexity index is 731. The Labute approximate surface area is 117 Å². The lowest BCUT2D eigenvalue weighted by Gasteiger charge is -2.09. The fraction of sp³-hybridized carbons (Fsp3) is 0. The quantitative estimate of drug-likeness (QED) is 0.759. The van der Waals surface area contributed by atoms with Gasteiger partial charge in [-0.05, 0) is 24.3 Å². The molecule has 0 aromatic heterocycles. The van der Waals surface area contributed by atoms with Crippen molar-refractivity contribution in [1.29, 1.82) is 0 Å². The van der Waals surface area contributed by atoms with Crippen LogP contribution in [0, 0.1) is 11.6 Å². The summed E-state index contributed by atoms with van der Waals surface area (Å²) in [5.74, 6) is -5.59. The van der Waals surface area contributed by atoms with E-state index in [1.807, 2.05) is 0 Å². The minimum absolute atomic E-state index is 0.219. The first-order chi connectivity index (χ1) is 9.91. The summed E-state index contributed by atoms with van der Waals surface area (Å²) in [5, 5.41) is 20.7. The number of carbonyl (C=O) groups excluding carboxylic acids is 1. The Kier molecular flexibility index (Phi) is 3.84. The van der Waals surface area contributed by atoms with Crippen LogP contribution in [0.1, 0.15) is 20.7 Å². The molecule has 0 radical (unpaired) electrons. The van der Waals surface area contributed by atoms with Gasteiger partial charge in [0.25, 0.3) is 5.91 Å². The summed E-state index contributed by atoms with van der Waals surface area (Å²) < 4.78 is 26.5. The van der Waals surface area contributed by atoms with Gasteiger partial charge < -0.3 is 15.5 Å². The molecule has 1 amide bonds. The Morgan fingerprint density at radius 2 is 1.62 bits per heavy atom. The molecule has 2 aromatic carbocycles. The molecule has 0 heterocycles. The summed E-state index contributed by atoms with van der Waals surface area (Å²) in [6.07, 6.45) is 0. The molecule has 0 fully saturated rings. The number of carbonyl (C=O) groups is 2. The predicted molar refractivity (Wildman–Crippen MR) is 69.4 cm³/mol. The molecule has 0 spiro atoms. The molecule has 2 aromatic rings. The van der Waals surface area contributed by atoms with Crippen molar-refractivity contribution < 1.29 is 28.6 Å². The van der Waals surface area contributed by atoms with Crippen LogP contribution in [0.2, 0.25) is 0 Å². The van der Waals surface area contributed by atoms with E-state index in [0.717, 1.165) is 24.3 Å². The second-order valence-electron chi connectivity index (χ2n) is 4.06. The number of carboxylic acid groups (broad SMARTS) is 1. The molecule has 2 rings (SSSR count). The Hall–Kier alpha value is -2.96. The Morgan fingerprint density at radius 1 is 1.00 bits per heavy atom. The van der Waals surface area contributed by atoms with Crippen molar-refractivity contribution >= 4 is 17.6 Å². The van der Waals surface area contributed by atoms with E-state index in [9.17, 15) is 23.5 Å². The first-order valence-corrected chi connectivity index (χ1v) is 5.72. The number of phenols is 1. The number of amides is 1. The molecule has 3 N–H and O–H groups in total. The molecule has 0 saturated heterocycles. The highest BCUT2D eigenvalue weighted by atomic mass is 19.2. The molecule has 0 atom stereocenters. The van der Waals surface area contributed by atoms with Gasteiger partial charge in [0.1, 0.15) is 5.56 Å². The van der Waals surface area contributed by atoms with Gasteiger partial charge in [-0.25, -0.2) is 13.6 Å². The third-order valence-electron chi connectivity index (χ3n) is 2.71. The summed E-state index contributed by atoms with van der Waals surface area (Å²) in [7, 11) is 0. The summed E-state index contributed by atoms with van der Waals surface area (Å²) >= 11 is 0. The molecule has 0 saturated carbocycles. The van der Waals surface area contributed by atoms with E-state index in [4.69, 9.17) is 5.11 Å². The smallest absolute Gasteiger partial charge is 0.339 e. The van der Waals surface area contributed by atoms with Crippen molar-refractivity contribution in [1.82, 2.24) is 0 Å². The van der Waals surface area contributed by atoms with E-state index in [1.165, 1.54) is 12.1 Å². The zero-order valence-corrected chi connectivity index (χ0v) is 10.4. The standard InChI is InChI=1S/C14H9F2NO4/c15-9-5-1-3-7(11(9)16)13(19)17-10-6-2-4-8(12(10)18)14(20)21/h1-6,18H,(H,17,19)(H,20,21). The summed E-state index contributed by atoms with van der Waals surface area (Å²) in [6.45, 7) is 0. The molecule has 0 bridgehead atoms. The Morgan fingerprint density at radius 3 is 2.29 bits per heavy atom. The van der Waals surface area contributed by atoms with Crippen LogP contribution >= 0.6 is 0 Å². The molecule has 7 heteroatoms. The van der Waals surface area contributed by atoms with Crippen LogP contribution in [0.4, 0.5) is 14.5 Å². The molecule has 5 nitrogen and oxygen atoms in total. The van der Waals surface area contributed by atoms with Crippen molar-refractivity contribution in [2.75, 3.05) is 5.32 Å². The highest BCUT2D eigenvalue weighted by Gasteiger charge is 2.18. The largest absolute Gasteiger partial charge is 0.505 e. The maximum atomic E-state index is 13.5. The van der Waals surface area contributed by atoms with E-state index in [1.54, 1.807) is 0 Å². The van der Waals surface area contributed by atoms with Gasteiger partial charge in [-0.1, -0.05) is 12.1 Å². The lowest BCUT2D eigenvalue weighted by atomic mass is 10.1. The minimum Gasteiger partial charge on any atom is -0.505 e. The van der Waals surface area contributed by atoms with Gasteiger partial charge in [-0.2, -0.15) is 0 Å². The molecule has 0 aliphatic heterocycles. The van der Waals surface area contributed by atoms with Crippen LogP contribution in [-0.4, -0.2) is 22.1 Å². The summed E-state index contributed by atoms with van der Waals surface area (Å²) in [5.41, 5.74) is -1.20. The second kappa shape index (κ2) is 5.58. The van der Waals surface area contributed by atoms with Crippen molar-refractivity contribution in [3.8, 4) is 5.75 Å². The van der Waals surface area contributed by atoms with Crippen LogP contribution < -0.4 is 5.32 Å². The van der Waals surface area contributed by atoms with Gasteiger partial charge in [-0.3, -0.25) is 4.79 Å². The highest BCUT2D eigenvalue weighted by molar-refractivity contribution is 6.06. The van der Waals surface area contributed by atoms with Gasteiger partial charge in [0.05, 0.1) is 11.3 Å². The highest BCUT2D eigenvalue weighted by Crippen LogP contribution is 2.28. The minimum atomic E-state index is -1.39. The number of aromatic carboxylic acids is 1. The number of rotatable bonds is 3. The van der Waals surface area contributed by atoms with Crippen LogP contribution in [0.3, 0.4) is 0 Å². The van der Waals surface area contributed by atoms with Crippen molar-refractivity contribution in [2.24, 2.45) is 0 Å². The van der Waals surface area contributed by atoms with Gasteiger partial charge in [-0.15, -0.1) is 0 Å². The average Bonchev–Trinajstić information content (AvgIpc) is 2.43. The summed E-state index contributed by atoms with van der Waals surface area (Å²) in [4.78, 5) is 22.7. The maximum Gasteiger partial charge on any atom is 0.339 e. The topological polar surface area (TPSA) is 86.6 Å². The summed E-state index contributed by atoms with van der Waals surface area (Å²) in [6, 6.07) is 6.73. The SMILES string of the molecule is O=C(O)c1cccc(NC(=O)c2cccc(F)c2F)c1O. The van der Waals surface area contributed by atoms with Crippen LogP contribution in [0.15, 0.2) is 36.4 Å². The fourth-order valence-electron chi connectivity index (χ4n) is 1.69. The second-order valence-corrected chi connectivity index (χ2v) is 4.06. The maximum absolute atomic E-state index is 13.5. The molecular weight excluding hydrogens is 284 g/mol. The molecule has 0 aliphatic carbocycles. The Balaban J connectivity index is 2.34. The van der Waals surface area contributed by atoms with Crippen molar-refractivity contribution in [3.05, 3.63) is 59.2 Å². The average molecular weight is 293 g/mol. The number of anilines is 1. The van der Waals surface area contributed by atoms with Crippen molar-refractivity contribution in [3.63, 3.8) is 0 Å². The van der Waals surface area contributed by atoms with Gasteiger partial charge in [0.15, 0.2) is 17.4 Å². The third kappa shape index (κ3) is 2.81. The zero-order valence-electron chi connectivity index (χ0n) is 10.4. The molecule has 108 valence electrons. The molecule has 0 unspecified atom stereocenters. The van der Waals surface area contributed by atoms with E-state index < -0.39 is 40.4 Å². The van der Waals surface area contributed by atoms with Crippen LogP contribution in [0.5, 0.6) is 5.75 Å². The molecule has 21 heavy (non-hydrogen) atoms. The van der Waals surface area contributed by atoms with E-state index >= 15 is 0 Å². The zero-order chi connectivity index (χ0) is 15.6. The first-order valence-electron chi connectivity index (χ1n) is 5.72. The lowest BCUT2D eigenvalue weighted by molar-refractivity contribution is 0.0693. The number of benzene rings is 2. The third-order valence-corrected chi connectivity index (χ3v) is 2.71. The first kappa shape index (κ1) is 14.4. The van der Waals surface area contributed by atoms with E-state index in [0.29, 0.717) is 0 Å². The number of nitrogens with one attached hydrogen (secondary N) is 1. The van der Waals surface area contributed by atoms with E-state index in [-0.39, 0.29) is 5.69 Å². The number of halogens is 2. The monoisotopic (exact) mass is 293 g/mol. The molecule has 0 aliphatic rings. The van der Waals surface area contributed by atoms with E-state index in [2.05, 4.69) is 5.32 Å². The van der Waals surface area contributed by atoms with Crippen LogP contribution in [-0.2, 0) is 0 Å². The van der Waals surface area contributed by atoms with Crippen molar-refractivity contribution in [2.45, 2.75) is 0 Å².